The van der Waals surface area contributed by atoms with Crippen LogP contribution in [0, 0.1) is 0 Å². The number of H-pyrrole nitrogens is 1. The number of nitrogens with one attached hydrogen (secondary N) is 2. The molecular formula is C9H11N5O3S. The van der Waals surface area contributed by atoms with Gasteiger partial charge in [0.25, 0.3) is 0 Å². The van der Waals surface area contributed by atoms with Crippen molar-refractivity contribution in [1.82, 2.24) is 24.5 Å². The van der Waals surface area contributed by atoms with Gasteiger partial charge in [-0.25, -0.2) is 18.1 Å². The Morgan fingerprint density at radius 3 is 2.89 bits per heavy atom. The van der Waals surface area contributed by atoms with Gasteiger partial charge in [-0.15, -0.1) is 0 Å². The molecule has 0 aliphatic rings. The number of nitrogens with zero attached hydrogens (tertiary/aromatic N) is 3. The van der Waals surface area contributed by atoms with Crippen LogP contribution in [0.3, 0.4) is 0 Å². The molecule has 8 nitrogen and oxygen atoms in total. The summed E-state index contributed by atoms with van der Waals surface area (Å²) >= 11 is 0. The quantitative estimate of drug-likeness (QED) is 0.738. The van der Waals surface area contributed by atoms with Crippen LogP contribution < -0.4 is 10.2 Å². The second-order valence-electron chi connectivity index (χ2n) is 3.53. The Balaban J connectivity index is 2.18. The molecule has 0 saturated heterocycles. The molecule has 2 N–H and O–H groups in total. The van der Waals surface area contributed by atoms with E-state index in [-0.39, 0.29) is 11.4 Å². The van der Waals surface area contributed by atoms with Crippen LogP contribution >= 0.6 is 0 Å². The number of pyridine rings is 1. The molecule has 18 heavy (non-hydrogen) atoms. The first kappa shape index (κ1) is 12.5. The summed E-state index contributed by atoms with van der Waals surface area (Å²) in [4.78, 5) is 17.5. The Labute approximate surface area is 103 Å². The second-order valence-corrected chi connectivity index (χ2v) is 5.27. The highest BCUT2D eigenvalue weighted by Crippen LogP contribution is 2.00. The third-order valence-electron chi connectivity index (χ3n) is 2.15. The molecule has 0 bridgehead atoms. The fourth-order valence-corrected chi connectivity index (χ4v) is 2.34. The van der Waals surface area contributed by atoms with Crippen molar-refractivity contribution in [3.8, 4) is 0 Å². The molecule has 2 aromatic rings. The van der Waals surface area contributed by atoms with E-state index in [4.69, 9.17) is 0 Å². The molecule has 0 aromatic carbocycles. The summed E-state index contributed by atoms with van der Waals surface area (Å²) in [6.45, 7) is -0.0719. The number of hydrogen-bond acceptors (Lipinski definition) is 5. The third-order valence-corrected chi connectivity index (χ3v) is 3.57. The Kier molecular flexibility index (Phi) is 3.26. The molecule has 2 heterocycles. The molecule has 0 aliphatic carbocycles. The first-order valence-electron chi connectivity index (χ1n) is 5.00. The fourth-order valence-electron chi connectivity index (χ4n) is 1.31. The van der Waals surface area contributed by atoms with Gasteiger partial charge in [0.2, 0.25) is 15.5 Å². The molecular weight excluding hydrogens is 258 g/mol. The average Bonchev–Trinajstić information content (AvgIpc) is 2.73. The van der Waals surface area contributed by atoms with E-state index in [9.17, 15) is 13.2 Å². The molecule has 2 aromatic heterocycles. The number of hydrogen-bond donors (Lipinski definition) is 2. The first-order valence-corrected chi connectivity index (χ1v) is 6.48. The van der Waals surface area contributed by atoms with Gasteiger partial charge in [0.15, 0.2) is 5.82 Å². The summed E-state index contributed by atoms with van der Waals surface area (Å²) in [6.07, 6.45) is 3.96. The maximum atomic E-state index is 11.8. The molecule has 2 rings (SSSR count). The zero-order valence-electron chi connectivity index (χ0n) is 9.49. The van der Waals surface area contributed by atoms with E-state index >= 15 is 0 Å². The Morgan fingerprint density at radius 2 is 2.28 bits per heavy atom. The minimum Gasteiger partial charge on any atom is -0.366 e. The Bertz CT molecular complexity index is 703. The van der Waals surface area contributed by atoms with Crippen molar-refractivity contribution in [1.29, 1.82) is 0 Å². The number of rotatable bonds is 4. The standard InChI is InChI=1S/C9H11N5O3S/c1-14-6-11-9(13-14)5-12-18(16,17)8-4-10-3-2-7(8)15/h2-4,6,12H,5H2,1H3,(H,10,15). The predicted molar refractivity (Wildman–Crippen MR) is 62.1 cm³/mol. The van der Waals surface area contributed by atoms with Gasteiger partial charge in [-0.3, -0.25) is 9.48 Å². The zero-order valence-corrected chi connectivity index (χ0v) is 10.3. The predicted octanol–water partition coefficient (Wildman–Crippen LogP) is -1.02. The van der Waals surface area contributed by atoms with Crippen LogP contribution in [0.4, 0.5) is 0 Å². The van der Waals surface area contributed by atoms with Crippen LogP contribution in [-0.4, -0.2) is 28.2 Å². The van der Waals surface area contributed by atoms with Crippen molar-refractivity contribution in [3.63, 3.8) is 0 Å². The second kappa shape index (κ2) is 4.70. The molecule has 0 radical (unpaired) electrons. The Hall–Kier alpha value is -2.00. The van der Waals surface area contributed by atoms with E-state index in [1.807, 2.05) is 0 Å². The molecule has 0 atom stereocenters. The summed E-state index contributed by atoms with van der Waals surface area (Å²) in [5, 5.41) is 3.92. The van der Waals surface area contributed by atoms with E-state index in [2.05, 4.69) is 19.8 Å². The summed E-state index contributed by atoms with van der Waals surface area (Å²) < 4.78 is 27.4. The van der Waals surface area contributed by atoms with Crippen molar-refractivity contribution in [2.75, 3.05) is 0 Å². The van der Waals surface area contributed by atoms with Gasteiger partial charge in [0.05, 0.1) is 6.54 Å². The third kappa shape index (κ3) is 2.63. The van der Waals surface area contributed by atoms with Crippen LogP contribution in [0.1, 0.15) is 5.82 Å². The lowest BCUT2D eigenvalue weighted by Gasteiger charge is -2.03. The molecule has 0 fully saturated rings. The van der Waals surface area contributed by atoms with E-state index in [1.54, 1.807) is 7.05 Å². The van der Waals surface area contributed by atoms with Crippen LogP contribution in [0.15, 0.2) is 34.5 Å². The summed E-state index contributed by atoms with van der Waals surface area (Å²) in [6, 6.07) is 1.15. The monoisotopic (exact) mass is 269 g/mol. The van der Waals surface area contributed by atoms with Crippen molar-refractivity contribution < 1.29 is 8.42 Å². The van der Waals surface area contributed by atoms with Crippen LogP contribution in [0.25, 0.3) is 0 Å². The van der Waals surface area contributed by atoms with Crippen molar-refractivity contribution in [2.45, 2.75) is 11.4 Å². The number of aromatic amines is 1. The average molecular weight is 269 g/mol. The van der Waals surface area contributed by atoms with E-state index in [0.717, 1.165) is 12.3 Å². The van der Waals surface area contributed by atoms with Gasteiger partial charge in [0.1, 0.15) is 11.2 Å². The fraction of sp³-hybridized carbons (Fsp3) is 0.222. The SMILES string of the molecule is Cn1cnc(CNS(=O)(=O)c2c[nH]ccc2=O)n1. The molecule has 9 heteroatoms. The molecule has 0 aliphatic heterocycles. The number of sulfonamides is 1. The summed E-state index contributed by atoms with van der Waals surface area (Å²) in [7, 11) is -2.19. The van der Waals surface area contributed by atoms with Crippen LogP contribution in [0.5, 0.6) is 0 Å². The highest BCUT2D eigenvalue weighted by molar-refractivity contribution is 7.89. The van der Waals surface area contributed by atoms with Gasteiger partial charge in [0, 0.05) is 25.5 Å². The summed E-state index contributed by atoms with van der Waals surface area (Å²) in [5.74, 6) is 0.327. The maximum absolute atomic E-state index is 11.8. The largest absolute Gasteiger partial charge is 0.366 e. The van der Waals surface area contributed by atoms with Gasteiger partial charge in [-0.2, -0.15) is 5.10 Å². The first-order chi connectivity index (χ1) is 8.49. The van der Waals surface area contributed by atoms with Gasteiger partial charge < -0.3 is 4.98 Å². The normalized spacial score (nSPS) is 11.6. The highest BCUT2D eigenvalue weighted by atomic mass is 32.2. The van der Waals surface area contributed by atoms with E-state index < -0.39 is 15.5 Å². The smallest absolute Gasteiger partial charge is 0.246 e. The maximum Gasteiger partial charge on any atom is 0.246 e. The minimum atomic E-state index is -3.86. The van der Waals surface area contributed by atoms with Gasteiger partial charge >= 0.3 is 0 Å². The van der Waals surface area contributed by atoms with Crippen molar-refractivity contribution in [3.05, 3.63) is 40.8 Å². The lowest BCUT2D eigenvalue weighted by atomic mass is 10.5. The summed E-state index contributed by atoms with van der Waals surface area (Å²) in [5.41, 5.74) is -0.574. The van der Waals surface area contributed by atoms with Gasteiger partial charge in [-0.1, -0.05) is 0 Å². The van der Waals surface area contributed by atoms with Crippen molar-refractivity contribution in [2.24, 2.45) is 7.05 Å². The van der Waals surface area contributed by atoms with Crippen LogP contribution in [-0.2, 0) is 23.6 Å². The molecule has 0 unspecified atom stereocenters. The van der Waals surface area contributed by atoms with E-state index in [1.165, 1.54) is 17.2 Å². The Morgan fingerprint density at radius 1 is 1.50 bits per heavy atom. The van der Waals surface area contributed by atoms with E-state index in [0.29, 0.717) is 5.82 Å². The van der Waals surface area contributed by atoms with Gasteiger partial charge in [-0.05, 0) is 0 Å². The lowest BCUT2D eigenvalue weighted by molar-refractivity contribution is 0.577. The molecule has 0 amide bonds. The molecule has 0 spiro atoms. The minimum absolute atomic E-state index is 0.0719. The van der Waals surface area contributed by atoms with Crippen LogP contribution in [0.2, 0.25) is 0 Å². The number of aryl methyl sites for hydroxylation is 1. The van der Waals surface area contributed by atoms with Crippen molar-refractivity contribution >= 4 is 10.0 Å². The zero-order chi connectivity index (χ0) is 13.2. The molecule has 96 valence electrons. The number of aromatic nitrogens is 4. The lowest BCUT2D eigenvalue weighted by Crippen LogP contribution is -2.28. The topological polar surface area (TPSA) is 110 Å². The highest BCUT2D eigenvalue weighted by Gasteiger charge is 2.17. The molecule has 0 saturated carbocycles.